The number of aliphatic hydroxyl groups excluding tert-OH is 2. The fourth-order valence-electron chi connectivity index (χ4n) is 11.3. The van der Waals surface area contributed by atoms with Crippen LogP contribution in [-0.4, -0.2) is 245 Å². The minimum absolute atomic E-state index is 0.0636. The summed E-state index contributed by atoms with van der Waals surface area (Å²) in [6.45, 7) is -3.48. The monoisotopic (exact) mass is 1570 g/mol. The van der Waals surface area contributed by atoms with E-state index in [4.69, 9.17) is 47.4 Å². The van der Waals surface area contributed by atoms with Gasteiger partial charge in [0.1, 0.15) is 36.5 Å². The highest BCUT2D eigenvalue weighted by Crippen LogP contribution is 2.58. The van der Waals surface area contributed by atoms with Crippen LogP contribution in [0.15, 0.2) is 60.7 Å². The van der Waals surface area contributed by atoms with E-state index < -0.39 is 339 Å². The predicted molar refractivity (Wildman–Crippen MR) is 346 cm³/mol. The van der Waals surface area contributed by atoms with E-state index in [0.717, 1.165) is 0 Å². The number of fused-ring (bicyclic) bond motifs is 14. The molecule has 44 nitrogen and oxygen atoms in total. The van der Waals surface area contributed by atoms with E-state index in [1.54, 1.807) is 0 Å². The molecule has 3 aliphatic rings. The molecular weight excluding hydrogens is 1520 g/mol. The molecule has 8 atom stereocenters. The van der Waals surface area contributed by atoms with Crippen LogP contribution in [0.1, 0.15) is 82.9 Å². The van der Waals surface area contributed by atoms with Crippen LogP contribution in [0, 0.1) is 0 Å². The van der Waals surface area contributed by atoms with Gasteiger partial charge in [-0.2, -0.15) is 0 Å². The number of rotatable bonds is 6. The second-order valence-corrected chi connectivity index (χ2v) is 23.7. The standard InChI is InChI=1S/C68H48O44/c69-11-35-59(111-61(95)15-1-23(71)41(81)24(72)2-15)57-32(80)14-104-64(98)19-9-33(47(87)51(91)39(19)38-18(65(99)109-57)6-28(76)44(84)50(38)90)105-55-21(7-29(77)45(85)53(55)93)67(101)108-36(12-70)60(112-62(96)16-3-25(73)42(82)26(74)4-16)58-31(79)13-103-63(97)17-5-27(75)43(83)49(89)37(17)40-20(66(100)110-58)10-34(48(88)52(40)92)106-56-22(68(102)107-35)8-30(78)46(86)54(56)94/h1-12,31-32,35-36,57-60,71-94H,13-14H2/t31-,32-,35+,36-,57+,58+,59-,60+/m1/s1. The van der Waals surface area contributed by atoms with E-state index in [9.17, 15) is 166 Å². The van der Waals surface area contributed by atoms with E-state index in [-0.39, 0.29) is 36.4 Å². The summed E-state index contributed by atoms with van der Waals surface area (Å²) in [5.41, 5.74) is -17.1. The van der Waals surface area contributed by atoms with Gasteiger partial charge in [-0.15, -0.1) is 0 Å². The van der Waals surface area contributed by atoms with Gasteiger partial charge in [0.15, 0.2) is 153 Å². The highest BCUT2D eigenvalue weighted by atomic mass is 16.6. The van der Waals surface area contributed by atoms with Crippen LogP contribution in [0.25, 0.3) is 22.3 Å². The number of cyclic esters (lactones) is 3. The molecule has 0 saturated heterocycles. The molecule has 8 aromatic carbocycles. The number of phenolic OH excluding ortho intramolecular Hbond substituents is 22. The Bertz CT molecular complexity index is 5380. The Kier molecular flexibility index (Phi) is 20.0. The van der Waals surface area contributed by atoms with Gasteiger partial charge in [0.25, 0.3) is 0 Å². The van der Waals surface area contributed by atoms with Crippen molar-refractivity contribution >= 4 is 60.3 Å². The number of benzene rings is 8. The Labute approximate surface area is 615 Å². The molecule has 0 fully saturated rings. The van der Waals surface area contributed by atoms with Gasteiger partial charge in [-0.1, -0.05) is 0 Å². The van der Waals surface area contributed by atoms with Crippen LogP contribution < -0.4 is 9.47 Å². The Morgan fingerprint density at radius 1 is 0.312 bits per heavy atom. The molecule has 24 N–H and O–H groups in total. The minimum Gasteiger partial charge on any atom is -0.504 e. The average Bonchev–Trinajstić information content (AvgIpc) is 0.920. The lowest BCUT2D eigenvalue weighted by Gasteiger charge is -2.33. The van der Waals surface area contributed by atoms with Gasteiger partial charge in [0, 0.05) is 46.5 Å². The summed E-state index contributed by atoms with van der Waals surface area (Å²) in [4.78, 5) is 145. The maximum atomic E-state index is 15.4. The van der Waals surface area contributed by atoms with Crippen LogP contribution in [0.5, 0.6) is 149 Å². The number of aliphatic hydroxyl groups is 2. The number of ether oxygens (including phenoxy) is 10. The van der Waals surface area contributed by atoms with Crippen molar-refractivity contribution in [3.05, 3.63) is 105 Å². The Balaban J connectivity index is 1.21. The van der Waals surface area contributed by atoms with Crippen molar-refractivity contribution in [2.24, 2.45) is 0 Å². The summed E-state index contributed by atoms with van der Waals surface area (Å²) in [6, 6.07) is 2.14. The molecule has 0 spiro atoms. The van der Waals surface area contributed by atoms with Crippen molar-refractivity contribution in [2.75, 3.05) is 13.2 Å². The van der Waals surface area contributed by atoms with Crippen LogP contribution in [0.4, 0.5) is 0 Å². The highest BCUT2D eigenvalue weighted by molar-refractivity contribution is 6.11. The highest BCUT2D eigenvalue weighted by Gasteiger charge is 2.49. The summed E-state index contributed by atoms with van der Waals surface area (Å²) >= 11 is 0. The third kappa shape index (κ3) is 13.4. The third-order valence-electron chi connectivity index (χ3n) is 16.8. The topological polar surface area (TPSA) is 749 Å². The number of aromatic hydroxyl groups is 22. The van der Waals surface area contributed by atoms with Crippen LogP contribution in [0.2, 0.25) is 0 Å². The zero-order chi connectivity index (χ0) is 82.1. The molecule has 0 saturated carbocycles. The second kappa shape index (κ2) is 29.0. The molecule has 6 bridgehead atoms. The van der Waals surface area contributed by atoms with Gasteiger partial charge < -0.3 is 170 Å². The quantitative estimate of drug-likeness (QED) is 0.0489. The first-order valence-electron chi connectivity index (χ1n) is 30.7. The summed E-state index contributed by atoms with van der Waals surface area (Å²) in [6.07, 6.45) is -25.9. The molecule has 3 heterocycles. The van der Waals surface area contributed by atoms with Crippen molar-refractivity contribution < 1.29 is 218 Å². The molecule has 3 aliphatic heterocycles. The number of carbonyl (C=O) groups is 10. The number of hydrogen-bond donors (Lipinski definition) is 24. The zero-order valence-electron chi connectivity index (χ0n) is 54.9. The first-order valence-corrected chi connectivity index (χ1v) is 30.7. The molecule has 0 aromatic heterocycles. The Morgan fingerprint density at radius 2 is 0.571 bits per heavy atom. The minimum atomic E-state index is -3.18. The van der Waals surface area contributed by atoms with Gasteiger partial charge in [0.2, 0.25) is 46.0 Å². The van der Waals surface area contributed by atoms with Crippen LogP contribution >= 0.6 is 0 Å². The van der Waals surface area contributed by atoms with E-state index in [1.807, 2.05) is 0 Å². The Morgan fingerprint density at radius 3 is 0.893 bits per heavy atom. The second-order valence-electron chi connectivity index (χ2n) is 23.7. The molecule has 0 amide bonds. The molecule has 0 unspecified atom stereocenters. The van der Waals surface area contributed by atoms with E-state index in [0.29, 0.717) is 24.3 Å². The van der Waals surface area contributed by atoms with Crippen LogP contribution in [-0.2, 0) is 47.5 Å². The van der Waals surface area contributed by atoms with Gasteiger partial charge in [-0.3, -0.25) is 9.59 Å². The lowest BCUT2D eigenvalue weighted by Crippen LogP contribution is -2.52. The molecular formula is C68H48O44. The van der Waals surface area contributed by atoms with Gasteiger partial charge in [-0.25, -0.2) is 38.4 Å². The first-order chi connectivity index (χ1) is 52.7. The number of esters is 8. The van der Waals surface area contributed by atoms with E-state index in [2.05, 4.69) is 0 Å². The van der Waals surface area contributed by atoms with Crippen molar-refractivity contribution in [1.29, 1.82) is 0 Å². The van der Waals surface area contributed by atoms with Crippen molar-refractivity contribution in [1.82, 2.24) is 0 Å². The van der Waals surface area contributed by atoms with E-state index in [1.165, 1.54) is 0 Å². The predicted octanol–water partition coefficient (Wildman–Crippen LogP) is 1.86. The molecule has 0 aliphatic carbocycles. The van der Waals surface area contributed by atoms with Gasteiger partial charge in [0.05, 0.1) is 33.4 Å². The number of carbonyl (C=O) groups excluding carboxylic acids is 10. The molecule has 584 valence electrons. The lowest BCUT2D eigenvalue weighted by atomic mass is 9.91. The summed E-state index contributed by atoms with van der Waals surface area (Å²) in [5, 5.41) is 268. The lowest BCUT2D eigenvalue weighted by molar-refractivity contribution is -0.142. The number of hydrogen-bond acceptors (Lipinski definition) is 44. The van der Waals surface area contributed by atoms with E-state index >= 15 is 4.79 Å². The van der Waals surface area contributed by atoms with Crippen LogP contribution in [0.3, 0.4) is 0 Å². The average molecular weight is 1570 g/mol. The maximum Gasteiger partial charge on any atom is 0.343 e. The normalized spacial score (nSPS) is 19.3. The fraction of sp³-hybridized carbons (Fsp3) is 0.147. The smallest absolute Gasteiger partial charge is 0.343 e. The summed E-state index contributed by atoms with van der Waals surface area (Å²) in [7, 11) is 0. The molecule has 112 heavy (non-hydrogen) atoms. The van der Waals surface area contributed by atoms with Gasteiger partial charge in [-0.05, 0) is 36.4 Å². The zero-order valence-corrected chi connectivity index (χ0v) is 54.9. The molecule has 44 heteroatoms. The molecule has 8 aromatic rings. The van der Waals surface area contributed by atoms with Crippen molar-refractivity contribution in [3.8, 4) is 172 Å². The third-order valence-corrected chi connectivity index (χ3v) is 16.8. The summed E-state index contributed by atoms with van der Waals surface area (Å²) in [5.74, 6) is -59.5. The van der Waals surface area contributed by atoms with Crippen molar-refractivity contribution in [3.63, 3.8) is 0 Å². The number of aldehydes is 2. The largest absolute Gasteiger partial charge is 0.504 e. The maximum absolute atomic E-state index is 15.4. The Hall–Kier alpha value is -16.0. The van der Waals surface area contributed by atoms with Crippen molar-refractivity contribution in [2.45, 2.75) is 48.8 Å². The molecule has 11 rings (SSSR count). The number of phenols is 22. The SMILES string of the molecule is O=C[C@@H]1OC(=O)c2cc(O)c(O)c(O)c2Oc2cc3c(c(O)c2O)-c2c(cc(O)c(O)c2O)C(=O)OC[C@@H](O)[C@H](OC3=O)[C@@H](OC(=O)c2cc(O)c(O)c(O)c2)[C@@H](C=O)OC(=O)c2cc(O)c(O)c(O)c2Oc2cc3c(c(O)c2O)-c2c(cc(O)c(O)c2O)C(=O)O[C@H]([C@@H]1OC(=O)c1cc(O)c(O)c(O)c1)[C@H](O)COC3=O. The van der Waals surface area contributed by atoms with Gasteiger partial charge >= 0.3 is 47.8 Å². The summed E-state index contributed by atoms with van der Waals surface area (Å²) < 4.78 is 54.3. The first kappa shape index (κ1) is 77.1. The molecule has 0 radical (unpaired) electrons. The fourth-order valence-corrected chi connectivity index (χ4v) is 11.3.